The lowest BCUT2D eigenvalue weighted by molar-refractivity contribution is -0.117. The van der Waals surface area contributed by atoms with Gasteiger partial charge in [0.05, 0.1) is 19.4 Å². The maximum Gasteiger partial charge on any atom is 0.263 e. The molecule has 1 aliphatic heterocycles. The minimum atomic E-state index is -0.183. The lowest BCUT2D eigenvalue weighted by atomic mass is 10.1. The fourth-order valence-electron chi connectivity index (χ4n) is 3.20. The summed E-state index contributed by atoms with van der Waals surface area (Å²) >= 11 is 1.29. The number of nitrogens with one attached hydrogen (secondary N) is 1. The van der Waals surface area contributed by atoms with Gasteiger partial charge >= 0.3 is 0 Å². The number of rotatable bonds is 8. The summed E-state index contributed by atoms with van der Waals surface area (Å²) in [6.07, 6.45) is 1.37. The number of ether oxygens (including phenoxy) is 2. The number of carbonyl (C=O) groups excluding carboxylic acids is 2. The third-order valence-corrected chi connectivity index (χ3v) is 5.77. The number of thiazole rings is 1. The quantitative estimate of drug-likeness (QED) is 0.708. The van der Waals surface area contributed by atoms with Crippen molar-refractivity contribution >= 4 is 28.3 Å². The molecule has 0 radical (unpaired) electrons. The van der Waals surface area contributed by atoms with Crippen LogP contribution >= 0.6 is 11.3 Å². The lowest BCUT2D eigenvalue weighted by Crippen LogP contribution is -2.23. The Bertz CT molecular complexity index is 894. The summed E-state index contributed by atoms with van der Waals surface area (Å²) < 4.78 is 10.9. The number of aromatic nitrogens is 1. The Morgan fingerprint density at radius 3 is 2.76 bits per heavy atom. The second-order valence-corrected chi connectivity index (χ2v) is 8.09. The van der Waals surface area contributed by atoms with Crippen LogP contribution in [0.25, 0.3) is 0 Å². The summed E-state index contributed by atoms with van der Waals surface area (Å²) in [4.78, 5) is 31.8. The molecule has 1 fully saturated rings. The van der Waals surface area contributed by atoms with Gasteiger partial charge in [0, 0.05) is 19.5 Å². The number of anilines is 1. The predicted octanol–water partition coefficient (Wildman–Crippen LogP) is 3.73. The standard InChI is InChI=1S/C21H27N3O4S/c1-5-28-15-9-8-14(11-16(15)27-4)12-22-20(26)19-18(13(2)3)23-21(29-19)24-10-6-7-17(24)25/h8-9,11,13H,5-7,10,12H2,1-4H3,(H,22,26). The topological polar surface area (TPSA) is 80.8 Å². The van der Waals surface area contributed by atoms with E-state index in [2.05, 4.69) is 10.3 Å². The van der Waals surface area contributed by atoms with Gasteiger partial charge in [-0.05, 0) is 37.0 Å². The monoisotopic (exact) mass is 417 g/mol. The summed E-state index contributed by atoms with van der Waals surface area (Å²) in [6, 6.07) is 5.60. The normalized spacial score (nSPS) is 13.8. The molecular formula is C21H27N3O4S. The van der Waals surface area contributed by atoms with E-state index < -0.39 is 0 Å². The Morgan fingerprint density at radius 2 is 2.14 bits per heavy atom. The molecule has 1 aromatic carbocycles. The van der Waals surface area contributed by atoms with Gasteiger partial charge in [-0.3, -0.25) is 14.5 Å². The van der Waals surface area contributed by atoms with E-state index in [-0.39, 0.29) is 17.7 Å². The van der Waals surface area contributed by atoms with Gasteiger partial charge in [-0.2, -0.15) is 0 Å². The molecule has 2 aromatic rings. The van der Waals surface area contributed by atoms with Crippen molar-refractivity contribution in [1.29, 1.82) is 0 Å². The predicted molar refractivity (Wildman–Crippen MR) is 113 cm³/mol. The summed E-state index contributed by atoms with van der Waals surface area (Å²) in [5.74, 6) is 1.28. The first-order chi connectivity index (χ1) is 13.9. The molecule has 8 heteroatoms. The van der Waals surface area contributed by atoms with Gasteiger partial charge in [-0.15, -0.1) is 0 Å². The van der Waals surface area contributed by atoms with Crippen molar-refractivity contribution in [3.05, 3.63) is 34.3 Å². The van der Waals surface area contributed by atoms with E-state index >= 15 is 0 Å². The highest BCUT2D eigenvalue weighted by Gasteiger charge is 2.28. The van der Waals surface area contributed by atoms with Gasteiger partial charge in [0.1, 0.15) is 4.88 Å². The third kappa shape index (κ3) is 4.70. The van der Waals surface area contributed by atoms with Crippen molar-refractivity contribution < 1.29 is 19.1 Å². The highest BCUT2D eigenvalue weighted by molar-refractivity contribution is 7.17. The van der Waals surface area contributed by atoms with E-state index in [1.54, 1.807) is 12.0 Å². The van der Waals surface area contributed by atoms with Crippen LogP contribution in [0.2, 0.25) is 0 Å². The number of nitrogens with zero attached hydrogens (tertiary/aromatic N) is 2. The molecule has 3 rings (SSSR count). The van der Waals surface area contributed by atoms with Crippen LogP contribution in [-0.4, -0.2) is 37.1 Å². The SMILES string of the molecule is CCOc1ccc(CNC(=O)c2sc(N3CCCC3=O)nc2C(C)C)cc1OC. The highest BCUT2D eigenvalue weighted by Crippen LogP contribution is 2.33. The molecule has 29 heavy (non-hydrogen) atoms. The third-order valence-electron chi connectivity index (χ3n) is 4.68. The fraction of sp³-hybridized carbons (Fsp3) is 0.476. The molecule has 0 unspecified atom stereocenters. The Balaban J connectivity index is 1.75. The Hall–Kier alpha value is -2.61. The van der Waals surface area contributed by atoms with Gasteiger partial charge in [0.2, 0.25) is 5.91 Å². The Kier molecular flexibility index (Phi) is 6.74. The van der Waals surface area contributed by atoms with Gasteiger partial charge < -0.3 is 14.8 Å². The first-order valence-corrected chi connectivity index (χ1v) is 10.6. The zero-order valence-corrected chi connectivity index (χ0v) is 18.1. The van der Waals surface area contributed by atoms with Gasteiger partial charge in [0.15, 0.2) is 16.6 Å². The lowest BCUT2D eigenvalue weighted by Gasteiger charge is -2.12. The highest BCUT2D eigenvalue weighted by atomic mass is 32.1. The van der Waals surface area contributed by atoms with Crippen LogP contribution in [0.1, 0.15) is 60.5 Å². The molecule has 1 saturated heterocycles. The zero-order chi connectivity index (χ0) is 21.0. The number of carbonyl (C=O) groups is 2. The van der Waals surface area contributed by atoms with Crippen molar-refractivity contribution in [2.75, 3.05) is 25.2 Å². The van der Waals surface area contributed by atoms with Gasteiger partial charge in [-0.1, -0.05) is 31.3 Å². The number of hydrogen-bond acceptors (Lipinski definition) is 6. The van der Waals surface area contributed by atoms with Crippen molar-refractivity contribution in [2.24, 2.45) is 0 Å². The van der Waals surface area contributed by atoms with Crippen LogP contribution in [-0.2, 0) is 11.3 Å². The first-order valence-electron chi connectivity index (χ1n) is 9.83. The van der Waals surface area contributed by atoms with Crippen molar-refractivity contribution in [1.82, 2.24) is 10.3 Å². The summed E-state index contributed by atoms with van der Waals surface area (Å²) in [6.45, 7) is 7.49. The maximum absolute atomic E-state index is 12.9. The molecule has 0 spiro atoms. The van der Waals surface area contributed by atoms with Crippen LogP contribution < -0.4 is 19.7 Å². The molecule has 7 nitrogen and oxygen atoms in total. The Labute approximate surface area is 175 Å². The van der Waals surface area contributed by atoms with Crippen LogP contribution in [0.3, 0.4) is 0 Å². The molecular weight excluding hydrogens is 390 g/mol. The smallest absolute Gasteiger partial charge is 0.263 e. The van der Waals surface area contributed by atoms with Crippen molar-refractivity contribution in [2.45, 2.75) is 46.1 Å². The summed E-state index contributed by atoms with van der Waals surface area (Å²) in [5, 5.41) is 3.57. The van der Waals surface area contributed by atoms with E-state index in [4.69, 9.17) is 9.47 Å². The molecule has 1 aromatic heterocycles. The Morgan fingerprint density at radius 1 is 1.34 bits per heavy atom. The minimum absolute atomic E-state index is 0.0718. The molecule has 1 aliphatic rings. The average Bonchev–Trinajstić information content (AvgIpc) is 3.33. The molecule has 0 aliphatic carbocycles. The van der Waals surface area contributed by atoms with E-state index in [0.29, 0.717) is 47.6 Å². The van der Waals surface area contributed by atoms with Crippen LogP contribution in [0, 0.1) is 0 Å². The fourth-order valence-corrected chi connectivity index (χ4v) is 4.38. The average molecular weight is 418 g/mol. The zero-order valence-electron chi connectivity index (χ0n) is 17.3. The van der Waals surface area contributed by atoms with Gasteiger partial charge in [0.25, 0.3) is 5.91 Å². The summed E-state index contributed by atoms with van der Waals surface area (Å²) in [7, 11) is 1.59. The molecule has 1 N–H and O–H groups in total. The largest absolute Gasteiger partial charge is 0.493 e. The van der Waals surface area contributed by atoms with E-state index in [0.717, 1.165) is 17.7 Å². The maximum atomic E-state index is 12.9. The minimum Gasteiger partial charge on any atom is -0.493 e. The van der Waals surface area contributed by atoms with Crippen LogP contribution in [0.15, 0.2) is 18.2 Å². The second kappa shape index (κ2) is 9.26. The van der Waals surface area contributed by atoms with Crippen molar-refractivity contribution in [3.8, 4) is 11.5 Å². The van der Waals surface area contributed by atoms with Crippen molar-refractivity contribution in [3.63, 3.8) is 0 Å². The van der Waals surface area contributed by atoms with E-state index in [9.17, 15) is 9.59 Å². The number of hydrogen-bond donors (Lipinski definition) is 1. The number of amides is 2. The number of methoxy groups -OCH3 is 1. The molecule has 156 valence electrons. The van der Waals surface area contributed by atoms with E-state index in [1.165, 1.54) is 11.3 Å². The van der Waals surface area contributed by atoms with Crippen LogP contribution in [0.4, 0.5) is 5.13 Å². The second-order valence-electron chi connectivity index (χ2n) is 7.12. The number of benzene rings is 1. The van der Waals surface area contributed by atoms with E-state index in [1.807, 2.05) is 39.0 Å². The molecule has 0 atom stereocenters. The molecule has 2 amide bonds. The first kappa shape index (κ1) is 21.1. The molecule has 2 heterocycles. The van der Waals surface area contributed by atoms with Crippen LogP contribution in [0.5, 0.6) is 11.5 Å². The molecule has 0 saturated carbocycles. The summed E-state index contributed by atoms with van der Waals surface area (Å²) in [5.41, 5.74) is 1.63. The molecule has 0 bridgehead atoms. The van der Waals surface area contributed by atoms with Gasteiger partial charge in [-0.25, -0.2) is 4.98 Å².